The van der Waals surface area contributed by atoms with E-state index in [2.05, 4.69) is 22.8 Å². The highest BCUT2D eigenvalue weighted by Crippen LogP contribution is 2.43. The van der Waals surface area contributed by atoms with Gasteiger partial charge in [-0.2, -0.15) is 0 Å². The molecule has 0 radical (unpaired) electrons. The van der Waals surface area contributed by atoms with E-state index in [-0.39, 0.29) is 24.8 Å². The molecule has 146 valence electrons. The number of anilines is 1. The van der Waals surface area contributed by atoms with E-state index >= 15 is 0 Å². The molecule has 3 N–H and O–H groups in total. The molecule has 6 heteroatoms. The van der Waals surface area contributed by atoms with E-state index in [1.165, 1.54) is 5.56 Å². The van der Waals surface area contributed by atoms with Crippen molar-refractivity contribution in [3.63, 3.8) is 0 Å². The first-order valence-electron chi connectivity index (χ1n) is 9.46. The summed E-state index contributed by atoms with van der Waals surface area (Å²) < 4.78 is 0. The van der Waals surface area contributed by atoms with Gasteiger partial charge >= 0.3 is 5.97 Å². The van der Waals surface area contributed by atoms with Gasteiger partial charge in [0.15, 0.2) is 0 Å². The van der Waals surface area contributed by atoms with Crippen molar-refractivity contribution in [3.05, 3.63) is 65.7 Å². The Balaban J connectivity index is 1.41. The van der Waals surface area contributed by atoms with Crippen molar-refractivity contribution in [1.29, 1.82) is 0 Å². The second kappa shape index (κ2) is 9.17. The lowest BCUT2D eigenvalue weighted by Crippen LogP contribution is -2.27. The molecule has 1 aliphatic rings. The molecule has 0 spiro atoms. The van der Waals surface area contributed by atoms with E-state index in [1.807, 2.05) is 18.2 Å². The van der Waals surface area contributed by atoms with Gasteiger partial charge in [0.05, 0.1) is 6.42 Å². The van der Waals surface area contributed by atoms with Gasteiger partial charge in [-0.3, -0.25) is 14.4 Å². The van der Waals surface area contributed by atoms with E-state index in [0.29, 0.717) is 29.5 Å². The molecule has 0 heterocycles. The molecule has 0 saturated heterocycles. The Morgan fingerprint density at radius 3 is 2.29 bits per heavy atom. The van der Waals surface area contributed by atoms with Gasteiger partial charge in [-0.25, -0.2) is 0 Å². The van der Waals surface area contributed by atoms with Gasteiger partial charge in [-0.05, 0) is 54.5 Å². The number of benzene rings is 2. The number of carboxylic acid groups (broad SMARTS) is 1. The number of hydrogen-bond donors (Lipinski definition) is 3. The highest BCUT2D eigenvalue weighted by molar-refractivity contribution is 5.96. The number of carbonyl (C=O) groups excluding carboxylic acids is 2. The van der Waals surface area contributed by atoms with E-state index in [0.717, 1.165) is 12.8 Å². The molecule has 0 aromatic heterocycles. The van der Waals surface area contributed by atoms with Gasteiger partial charge < -0.3 is 15.7 Å². The summed E-state index contributed by atoms with van der Waals surface area (Å²) in [5, 5.41) is 14.0. The lowest BCUT2D eigenvalue weighted by atomic mass is 9.70. The third-order valence-electron chi connectivity index (χ3n) is 5.04. The molecule has 2 amide bonds. The van der Waals surface area contributed by atoms with Crippen LogP contribution in [0.25, 0.3) is 0 Å². The van der Waals surface area contributed by atoms with Crippen LogP contribution >= 0.6 is 0 Å². The summed E-state index contributed by atoms with van der Waals surface area (Å²) in [7, 11) is 0. The average Bonchev–Trinajstić information content (AvgIpc) is 2.65. The van der Waals surface area contributed by atoms with Crippen LogP contribution in [0.4, 0.5) is 5.69 Å². The van der Waals surface area contributed by atoms with Crippen molar-refractivity contribution in [2.24, 2.45) is 5.92 Å². The summed E-state index contributed by atoms with van der Waals surface area (Å²) in [5.41, 5.74) is 2.41. The van der Waals surface area contributed by atoms with Crippen LogP contribution in [0, 0.1) is 5.92 Å². The maximum Gasteiger partial charge on any atom is 0.305 e. The van der Waals surface area contributed by atoms with Crippen molar-refractivity contribution < 1.29 is 19.5 Å². The highest BCUT2D eigenvalue weighted by atomic mass is 16.4. The largest absolute Gasteiger partial charge is 0.481 e. The number of amides is 2. The number of hydrogen-bond acceptors (Lipinski definition) is 3. The minimum atomic E-state index is -0.958. The highest BCUT2D eigenvalue weighted by Gasteiger charge is 2.31. The van der Waals surface area contributed by atoms with Crippen LogP contribution in [-0.2, 0) is 9.59 Å². The van der Waals surface area contributed by atoms with Gasteiger partial charge in [0.1, 0.15) is 0 Å². The molecule has 28 heavy (non-hydrogen) atoms. The van der Waals surface area contributed by atoms with E-state index in [4.69, 9.17) is 5.11 Å². The number of rotatable bonds is 8. The maximum absolute atomic E-state index is 12.2. The lowest BCUT2D eigenvalue weighted by molar-refractivity contribution is -0.136. The molecule has 0 atom stereocenters. The van der Waals surface area contributed by atoms with Crippen molar-refractivity contribution in [2.75, 3.05) is 11.9 Å². The molecular formula is C22H24N2O4. The molecule has 0 bridgehead atoms. The predicted molar refractivity (Wildman–Crippen MR) is 106 cm³/mol. The summed E-state index contributed by atoms with van der Waals surface area (Å²) in [5.74, 6) is -0.349. The zero-order valence-electron chi connectivity index (χ0n) is 15.6. The first-order valence-corrected chi connectivity index (χ1v) is 9.46. The van der Waals surface area contributed by atoms with Crippen molar-refractivity contribution >= 4 is 23.5 Å². The Kier molecular flexibility index (Phi) is 6.42. The SMILES string of the molecule is O=C(O)CCNC(=O)c1ccc(NC(=O)CC2CC(c3ccccc3)C2)cc1. The second-order valence-electron chi connectivity index (χ2n) is 7.17. The third-order valence-corrected chi connectivity index (χ3v) is 5.04. The van der Waals surface area contributed by atoms with Gasteiger partial charge in [0.2, 0.25) is 5.91 Å². The first kappa shape index (κ1) is 19.6. The molecule has 0 unspecified atom stereocenters. The van der Waals surface area contributed by atoms with Gasteiger partial charge in [-0.15, -0.1) is 0 Å². The minimum absolute atomic E-state index is 0.0184. The molecule has 2 aromatic rings. The van der Waals surface area contributed by atoms with Gasteiger partial charge in [0, 0.05) is 24.2 Å². The number of nitrogens with one attached hydrogen (secondary N) is 2. The number of aliphatic carboxylic acids is 1. The molecule has 0 aliphatic heterocycles. The Morgan fingerprint density at radius 2 is 1.64 bits per heavy atom. The van der Waals surface area contributed by atoms with Crippen molar-refractivity contribution in [3.8, 4) is 0 Å². The van der Waals surface area contributed by atoms with Gasteiger partial charge in [-0.1, -0.05) is 30.3 Å². The fraction of sp³-hybridized carbons (Fsp3) is 0.318. The Morgan fingerprint density at radius 1 is 0.964 bits per heavy atom. The standard InChI is InChI=1S/C22H24N2O4/c25-20(14-15-12-18(13-15)16-4-2-1-3-5-16)24-19-8-6-17(7-9-19)22(28)23-11-10-21(26)27/h1-9,15,18H,10-14H2,(H,23,28)(H,24,25)(H,26,27). The van der Waals surface area contributed by atoms with E-state index in [1.54, 1.807) is 24.3 Å². The third kappa shape index (κ3) is 5.42. The summed E-state index contributed by atoms with van der Waals surface area (Å²) in [6.45, 7) is 0.0814. The van der Waals surface area contributed by atoms with Crippen molar-refractivity contribution in [2.45, 2.75) is 31.6 Å². The van der Waals surface area contributed by atoms with Crippen LogP contribution in [0.15, 0.2) is 54.6 Å². The smallest absolute Gasteiger partial charge is 0.305 e. The zero-order chi connectivity index (χ0) is 19.9. The molecule has 3 rings (SSSR count). The number of carboxylic acids is 1. The summed E-state index contributed by atoms with van der Waals surface area (Å²) in [4.78, 5) is 34.6. The van der Waals surface area contributed by atoms with Crippen LogP contribution in [-0.4, -0.2) is 29.4 Å². The molecular weight excluding hydrogens is 356 g/mol. The molecule has 1 fully saturated rings. The normalized spacial score (nSPS) is 18.0. The maximum atomic E-state index is 12.2. The minimum Gasteiger partial charge on any atom is -0.481 e. The van der Waals surface area contributed by atoms with Crippen LogP contribution in [0.2, 0.25) is 0 Å². The van der Waals surface area contributed by atoms with Crippen LogP contribution in [0.3, 0.4) is 0 Å². The zero-order valence-corrected chi connectivity index (χ0v) is 15.6. The fourth-order valence-corrected chi connectivity index (χ4v) is 3.46. The number of carbonyl (C=O) groups is 3. The molecule has 6 nitrogen and oxygen atoms in total. The van der Waals surface area contributed by atoms with Crippen LogP contribution in [0.5, 0.6) is 0 Å². The fourth-order valence-electron chi connectivity index (χ4n) is 3.46. The van der Waals surface area contributed by atoms with Gasteiger partial charge in [0.25, 0.3) is 5.91 Å². The topological polar surface area (TPSA) is 95.5 Å². The summed E-state index contributed by atoms with van der Waals surface area (Å²) in [6.07, 6.45) is 2.45. The molecule has 1 saturated carbocycles. The molecule has 2 aromatic carbocycles. The van der Waals surface area contributed by atoms with Crippen LogP contribution < -0.4 is 10.6 Å². The Bertz CT molecular complexity index is 827. The van der Waals surface area contributed by atoms with Crippen molar-refractivity contribution in [1.82, 2.24) is 5.32 Å². The average molecular weight is 380 g/mol. The summed E-state index contributed by atoms with van der Waals surface area (Å²) >= 11 is 0. The Labute approximate surface area is 164 Å². The predicted octanol–water partition coefficient (Wildman–Crippen LogP) is 3.41. The van der Waals surface area contributed by atoms with E-state index in [9.17, 15) is 14.4 Å². The first-order chi connectivity index (χ1) is 13.5. The summed E-state index contributed by atoms with van der Waals surface area (Å²) in [6, 6.07) is 17.0. The second-order valence-corrected chi connectivity index (χ2v) is 7.17. The Hall–Kier alpha value is -3.15. The van der Waals surface area contributed by atoms with Crippen LogP contribution in [0.1, 0.15) is 47.5 Å². The monoisotopic (exact) mass is 380 g/mol. The lowest BCUT2D eigenvalue weighted by Gasteiger charge is -2.35. The molecule has 1 aliphatic carbocycles. The van der Waals surface area contributed by atoms with E-state index < -0.39 is 5.97 Å². The quantitative estimate of drug-likeness (QED) is 0.654.